The molecule has 1 aromatic carbocycles. The Morgan fingerprint density at radius 2 is 2.07 bits per heavy atom. The zero-order valence-electron chi connectivity index (χ0n) is 9.03. The molecule has 15 heavy (non-hydrogen) atoms. The molecule has 0 aliphatic heterocycles. The molecule has 0 saturated carbocycles. The molecular weight excluding hydrogens is 190 g/mol. The summed E-state index contributed by atoms with van der Waals surface area (Å²) in [4.78, 5) is 11.4. The molecule has 0 aliphatic rings. The summed E-state index contributed by atoms with van der Waals surface area (Å²) >= 11 is 0. The molecule has 0 fully saturated rings. The lowest BCUT2D eigenvalue weighted by molar-refractivity contribution is -0.120. The van der Waals surface area contributed by atoms with Crippen molar-refractivity contribution in [2.24, 2.45) is 0 Å². The largest absolute Gasteiger partial charge is 0.385 e. The topological polar surface area (TPSA) is 38.3 Å². The number of ether oxygens (including phenoxy) is 1. The van der Waals surface area contributed by atoms with Gasteiger partial charge in [0.05, 0.1) is 6.42 Å². The molecule has 0 spiro atoms. The molecule has 1 rings (SSSR count). The highest BCUT2D eigenvalue weighted by Gasteiger charge is 2.01. The molecule has 1 aromatic rings. The first-order valence-electron chi connectivity index (χ1n) is 5.12. The number of nitrogens with one attached hydrogen (secondary N) is 1. The maximum atomic E-state index is 11.4. The zero-order valence-corrected chi connectivity index (χ0v) is 9.03. The number of carbonyl (C=O) groups excluding carboxylic acids is 1. The van der Waals surface area contributed by atoms with Crippen molar-refractivity contribution in [2.45, 2.75) is 12.8 Å². The van der Waals surface area contributed by atoms with Gasteiger partial charge >= 0.3 is 0 Å². The number of rotatable bonds is 6. The van der Waals surface area contributed by atoms with Gasteiger partial charge in [-0.05, 0) is 12.0 Å². The highest BCUT2D eigenvalue weighted by atomic mass is 16.5. The third-order valence-corrected chi connectivity index (χ3v) is 2.05. The Morgan fingerprint density at radius 1 is 1.33 bits per heavy atom. The second-order valence-corrected chi connectivity index (χ2v) is 3.36. The maximum absolute atomic E-state index is 11.4. The molecule has 3 nitrogen and oxygen atoms in total. The Morgan fingerprint density at radius 3 is 2.73 bits per heavy atom. The van der Waals surface area contributed by atoms with Gasteiger partial charge in [-0.1, -0.05) is 30.3 Å². The molecule has 3 heteroatoms. The van der Waals surface area contributed by atoms with Crippen molar-refractivity contribution in [3.8, 4) is 0 Å². The molecule has 0 atom stereocenters. The average Bonchev–Trinajstić information content (AvgIpc) is 2.26. The molecule has 0 saturated heterocycles. The van der Waals surface area contributed by atoms with Gasteiger partial charge in [0.2, 0.25) is 5.91 Å². The number of carbonyl (C=O) groups is 1. The highest BCUT2D eigenvalue weighted by molar-refractivity contribution is 5.78. The first-order valence-corrected chi connectivity index (χ1v) is 5.12. The van der Waals surface area contributed by atoms with E-state index in [1.807, 2.05) is 30.3 Å². The van der Waals surface area contributed by atoms with E-state index in [1.54, 1.807) is 7.11 Å². The summed E-state index contributed by atoms with van der Waals surface area (Å²) in [6, 6.07) is 9.73. The van der Waals surface area contributed by atoms with E-state index in [9.17, 15) is 4.79 Å². The van der Waals surface area contributed by atoms with E-state index < -0.39 is 0 Å². The van der Waals surface area contributed by atoms with Gasteiger partial charge in [-0.25, -0.2) is 0 Å². The minimum atomic E-state index is 0.0669. The number of hydrogen-bond acceptors (Lipinski definition) is 2. The predicted octanol–water partition coefficient (Wildman–Crippen LogP) is 1.38. The Labute approximate surface area is 90.4 Å². The van der Waals surface area contributed by atoms with Gasteiger partial charge in [0.25, 0.3) is 0 Å². The van der Waals surface area contributed by atoms with Crippen molar-refractivity contribution in [1.29, 1.82) is 0 Å². The zero-order chi connectivity index (χ0) is 10.9. The average molecular weight is 207 g/mol. The third-order valence-electron chi connectivity index (χ3n) is 2.05. The Balaban J connectivity index is 2.19. The fraction of sp³-hybridized carbons (Fsp3) is 0.417. The van der Waals surface area contributed by atoms with Crippen molar-refractivity contribution in [2.75, 3.05) is 20.3 Å². The van der Waals surface area contributed by atoms with Crippen molar-refractivity contribution in [1.82, 2.24) is 5.32 Å². The Bertz CT molecular complexity index is 285. The van der Waals surface area contributed by atoms with Crippen LogP contribution in [0.15, 0.2) is 30.3 Å². The molecule has 1 N–H and O–H groups in total. The summed E-state index contributed by atoms with van der Waals surface area (Å²) in [6.45, 7) is 1.37. The summed E-state index contributed by atoms with van der Waals surface area (Å²) in [6.07, 6.45) is 1.31. The van der Waals surface area contributed by atoms with E-state index in [-0.39, 0.29) is 5.91 Å². The van der Waals surface area contributed by atoms with Gasteiger partial charge in [0, 0.05) is 20.3 Å². The van der Waals surface area contributed by atoms with Crippen LogP contribution >= 0.6 is 0 Å². The molecule has 0 bridgehead atoms. The van der Waals surface area contributed by atoms with Crippen LogP contribution in [-0.2, 0) is 16.0 Å². The molecule has 0 heterocycles. The standard InChI is InChI=1S/C12H17NO2/c1-15-9-5-8-13-12(14)10-11-6-3-2-4-7-11/h2-4,6-7H,5,8-10H2,1H3,(H,13,14). The van der Waals surface area contributed by atoms with Crippen LogP contribution in [-0.4, -0.2) is 26.2 Å². The first-order chi connectivity index (χ1) is 7.33. The number of amides is 1. The number of methoxy groups -OCH3 is 1. The van der Waals surface area contributed by atoms with E-state index >= 15 is 0 Å². The Hall–Kier alpha value is -1.35. The highest BCUT2D eigenvalue weighted by Crippen LogP contribution is 1.98. The smallest absolute Gasteiger partial charge is 0.224 e. The minimum Gasteiger partial charge on any atom is -0.385 e. The first kappa shape index (κ1) is 11.7. The predicted molar refractivity (Wildman–Crippen MR) is 59.6 cm³/mol. The van der Waals surface area contributed by atoms with Crippen molar-refractivity contribution >= 4 is 5.91 Å². The summed E-state index contributed by atoms with van der Waals surface area (Å²) in [5.74, 6) is 0.0669. The lowest BCUT2D eigenvalue weighted by Crippen LogP contribution is -2.26. The molecular formula is C12H17NO2. The lowest BCUT2D eigenvalue weighted by atomic mass is 10.1. The molecule has 82 valence electrons. The van der Waals surface area contributed by atoms with Crippen molar-refractivity contribution in [3.05, 3.63) is 35.9 Å². The van der Waals surface area contributed by atoms with Crippen LogP contribution in [0.2, 0.25) is 0 Å². The summed E-state index contributed by atoms with van der Waals surface area (Å²) < 4.78 is 4.89. The van der Waals surface area contributed by atoms with Crippen molar-refractivity contribution < 1.29 is 9.53 Å². The lowest BCUT2D eigenvalue weighted by Gasteiger charge is -2.04. The molecule has 0 radical (unpaired) electrons. The summed E-state index contributed by atoms with van der Waals surface area (Å²) in [5.41, 5.74) is 1.04. The van der Waals surface area contributed by atoms with Crippen LogP contribution in [0.1, 0.15) is 12.0 Å². The molecule has 1 amide bonds. The maximum Gasteiger partial charge on any atom is 0.224 e. The second-order valence-electron chi connectivity index (χ2n) is 3.36. The van der Waals surface area contributed by atoms with Crippen molar-refractivity contribution in [3.63, 3.8) is 0 Å². The SMILES string of the molecule is COCCCNC(=O)Cc1ccccc1. The molecule has 0 unspecified atom stereocenters. The van der Waals surface area contributed by atoms with E-state index in [0.29, 0.717) is 19.6 Å². The van der Waals surface area contributed by atoms with E-state index in [4.69, 9.17) is 4.74 Å². The van der Waals surface area contributed by atoms with Gasteiger partial charge in [-0.2, -0.15) is 0 Å². The van der Waals surface area contributed by atoms with Gasteiger partial charge in [-0.3, -0.25) is 4.79 Å². The fourth-order valence-electron chi connectivity index (χ4n) is 1.29. The van der Waals surface area contributed by atoms with E-state index in [1.165, 1.54) is 0 Å². The quantitative estimate of drug-likeness (QED) is 0.716. The van der Waals surface area contributed by atoms with Crippen LogP contribution in [0.4, 0.5) is 0 Å². The summed E-state index contributed by atoms with van der Waals surface area (Å²) in [5, 5.41) is 2.85. The monoisotopic (exact) mass is 207 g/mol. The van der Waals surface area contributed by atoms with Crippen LogP contribution < -0.4 is 5.32 Å². The second kappa shape index (κ2) is 7.01. The van der Waals surface area contributed by atoms with E-state index in [0.717, 1.165) is 12.0 Å². The summed E-state index contributed by atoms with van der Waals surface area (Å²) in [7, 11) is 1.66. The van der Waals surface area contributed by atoms with Gasteiger partial charge in [-0.15, -0.1) is 0 Å². The molecule has 0 aromatic heterocycles. The van der Waals surface area contributed by atoms with Crippen LogP contribution in [0, 0.1) is 0 Å². The Kier molecular flexibility index (Phi) is 5.48. The fourth-order valence-corrected chi connectivity index (χ4v) is 1.29. The third kappa shape index (κ3) is 5.18. The van der Waals surface area contributed by atoms with Gasteiger partial charge in [0.15, 0.2) is 0 Å². The van der Waals surface area contributed by atoms with Crippen LogP contribution in [0.25, 0.3) is 0 Å². The normalized spacial score (nSPS) is 9.93. The van der Waals surface area contributed by atoms with E-state index in [2.05, 4.69) is 5.32 Å². The van der Waals surface area contributed by atoms with Crippen LogP contribution in [0.5, 0.6) is 0 Å². The number of hydrogen-bond donors (Lipinski definition) is 1. The van der Waals surface area contributed by atoms with Gasteiger partial charge < -0.3 is 10.1 Å². The molecule has 0 aliphatic carbocycles. The van der Waals surface area contributed by atoms with Gasteiger partial charge in [0.1, 0.15) is 0 Å². The number of benzene rings is 1. The van der Waals surface area contributed by atoms with Crippen LogP contribution in [0.3, 0.4) is 0 Å². The minimum absolute atomic E-state index is 0.0669.